The topological polar surface area (TPSA) is 53.4 Å². The van der Waals surface area contributed by atoms with Crippen molar-refractivity contribution >= 4 is 11.6 Å². The normalized spacial score (nSPS) is 17.4. The van der Waals surface area contributed by atoms with E-state index < -0.39 is 0 Å². The molecule has 0 spiro atoms. The Morgan fingerprint density at radius 3 is 2.76 bits per heavy atom. The van der Waals surface area contributed by atoms with Crippen LogP contribution < -0.4 is 5.32 Å². The molecule has 6 heteroatoms. The Bertz CT molecular complexity index is 677. The monoisotopic (exact) mass is 341 g/mol. The first-order valence-electron chi connectivity index (χ1n) is 8.94. The zero-order valence-electron chi connectivity index (χ0n) is 15.1. The zero-order chi connectivity index (χ0) is 17.6. The maximum atomic E-state index is 12.3. The number of anilines is 1. The second-order valence-corrected chi connectivity index (χ2v) is 6.78. The second-order valence-electron chi connectivity index (χ2n) is 6.78. The van der Waals surface area contributed by atoms with Crippen LogP contribution in [0, 0.1) is 0 Å². The van der Waals surface area contributed by atoms with Gasteiger partial charge in [0, 0.05) is 56.7 Å². The fraction of sp³-hybridized carbons (Fsp3) is 0.474. The zero-order valence-corrected chi connectivity index (χ0v) is 15.1. The van der Waals surface area contributed by atoms with Gasteiger partial charge in [-0.15, -0.1) is 0 Å². The minimum Gasteiger partial charge on any atom is -0.326 e. The van der Waals surface area contributed by atoms with Crippen molar-refractivity contribution in [2.24, 2.45) is 0 Å². The molecule has 1 aromatic heterocycles. The van der Waals surface area contributed by atoms with E-state index in [2.05, 4.69) is 34.2 Å². The van der Waals surface area contributed by atoms with Crippen LogP contribution in [0.3, 0.4) is 0 Å². The highest BCUT2D eigenvalue weighted by molar-refractivity contribution is 5.90. The van der Waals surface area contributed by atoms with E-state index >= 15 is 0 Å². The average molecular weight is 341 g/mol. The fourth-order valence-corrected chi connectivity index (χ4v) is 3.16. The number of rotatable bonds is 6. The molecule has 0 saturated carbocycles. The van der Waals surface area contributed by atoms with E-state index in [9.17, 15) is 4.79 Å². The molecule has 1 atom stereocenters. The van der Waals surface area contributed by atoms with Gasteiger partial charge in [-0.1, -0.05) is 6.07 Å². The van der Waals surface area contributed by atoms with Gasteiger partial charge >= 0.3 is 0 Å². The van der Waals surface area contributed by atoms with E-state index in [4.69, 9.17) is 0 Å². The number of carbonyl (C=O) groups is 1. The lowest BCUT2D eigenvalue weighted by Crippen LogP contribution is -2.48. The SMILES string of the molecule is CC(CCC(=O)Nc1cccc(-n2cccn2)c1)N1CCN(C)CC1. The highest BCUT2D eigenvalue weighted by atomic mass is 16.1. The molecule has 0 aliphatic carbocycles. The van der Waals surface area contributed by atoms with Crippen LogP contribution in [0.5, 0.6) is 0 Å². The predicted octanol–water partition coefficient (Wildman–Crippen LogP) is 2.23. The Kier molecular flexibility index (Phi) is 5.83. The Labute approximate surface area is 149 Å². The first-order valence-corrected chi connectivity index (χ1v) is 8.94. The molecule has 1 aliphatic heterocycles. The van der Waals surface area contributed by atoms with Crippen LogP contribution in [0.1, 0.15) is 19.8 Å². The summed E-state index contributed by atoms with van der Waals surface area (Å²) in [6.45, 7) is 6.61. The molecule has 0 bridgehead atoms. The molecule has 1 fully saturated rings. The molecule has 1 N–H and O–H groups in total. The van der Waals surface area contributed by atoms with Gasteiger partial charge in [0.25, 0.3) is 0 Å². The molecule has 0 radical (unpaired) electrons. The molecule has 1 amide bonds. The average Bonchev–Trinajstić information content (AvgIpc) is 3.15. The van der Waals surface area contributed by atoms with Gasteiger partial charge in [0.2, 0.25) is 5.91 Å². The summed E-state index contributed by atoms with van der Waals surface area (Å²) in [4.78, 5) is 17.1. The highest BCUT2D eigenvalue weighted by Crippen LogP contribution is 2.15. The standard InChI is InChI=1S/C19H27N5O/c1-16(23-13-11-22(2)12-14-23)7-8-19(25)21-17-5-3-6-18(15-17)24-10-4-9-20-24/h3-6,9-10,15-16H,7-8,11-14H2,1-2H3,(H,21,25). The summed E-state index contributed by atoms with van der Waals surface area (Å²) in [5.41, 5.74) is 1.75. The molecule has 1 saturated heterocycles. The molecule has 2 aromatic rings. The van der Waals surface area contributed by atoms with Gasteiger partial charge in [0.05, 0.1) is 5.69 Å². The minimum absolute atomic E-state index is 0.0681. The van der Waals surface area contributed by atoms with Crippen LogP contribution in [0.25, 0.3) is 5.69 Å². The van der Waals surface area contributed by atoms with Gasteiger partial charge in [-0.05, 0) is 44.7 Å². The van der Waals surface area contributed by atoms with Crippen molar-refractivity contribution in [2.75, 3.05) is 38.5 Å². The van der Waals surface area contributed by atoms with E-state index in [0.29, 0.717) is 12.5 Å². The maximum Gasteiger partial charge on any atom is 0.224 e. The van der Waals surface area contributed by atoms with E-state index in [1.54, 1.807) is 10.9 Å². The van der Waals surface area contributed by atoms with E-state index in [1.165, 1.54) is 0 Å². The van der Waals surface area contributed by atoms with Crippen LogP contribution in [0.4, 0.5) is 5.69 Å². The molecule has 2 heterocycles. The summed E-state index contributed by atoms with van der Waals surface area (Å²) in [5, 5.41) is 7.22. The molecule has 3 rings (SSSR count). The predicted molar refractivity (Wildman–Crippen MR) is 100.0 cm³/mol. The largest absolute Gasteiger partial charge is 0.326 e. The Balaban J connectivity index is 1.48. The van der Waals surface area contributed by atoms with Crippen molar-refractivity contribution < 1.29 is 4.79 Å². The molecule has 6 nitrogen and oxygen atoms in total. The maximum absolute atomic E-state index is 12.3. The Morgan fingerprint density at radius 1 is 1.24 bits per heavy atom. The number of carbonyl (C=O) groups excluding carboxylic acids is 1. The number of hydrogen-bond acceptors (Lipinski definition) is 4. The first-order chi connectivity index (χ1) is 12.1. The summed E-state index contributed by atoms with van der Waals surface area (Å²) in [7, 11) is 2.16. The van der Waals surface area contributed by atoms with E-state index in [-0.39, 0.29) is 5.91 Å². The van der Waals surface area contributed by atoms with Crippen LogP contribution >= 0.6 is 0 Å². The van der Waals surface area contributed by atoms with Crippen molar-refractivity contribution in [3.05, 3.63) is 42.7 Å². The number of benzene rings is 1. The summed E-state index contributed by atoms with van der Waals surface area (Å²) < 4.78 is 1.78. The van der Waals surface area contributed by atoms with Gasteiger partial charge < -0.3 is 10.2 Å². The van der Waals surface area contributed by atoms with E-state index in [1.807, 2.05) is 36.5 Å². The van der Waals surface area contributed by atoms with Crippen molar-refractivity contribution in [1.29, 1.82) is 0 Å². The van der Waals surface area contributed by atoms with Gasteiger partial charge in [-0.2, -0.15) is 5.10 Å². The molecular formula is C19H27N5O. The van der Waals surface area contributed by atoms with Crippen molar-refractivity contribution in [3.63, 3.8) is 0 Å². The third-order valence-corrected chi connectivity index (χ3v) is 4.85. The van der Waals surface area contributed by atoms with Gasteiger partial charge in [-0.3, -0.25) is 9.69 Å². The van der Waals surface area contributed by atoms with Gasteiger partial charge in [0.1, 0.15) is 0 Å². The quantitative estimate of drug-likeness (QED) is 0.875. The Morgan fingerprint density at radius 2 is 2.04 bits per heavy atom. The highest BCUT2D eigenvalue weighted by Gasteiger charge is 2.19. The van der Waals surface area contributed by atoms with Crippen molar-refractivity contribution in [1.82, 2.24) is 19.6 Å². The lowest BCUT2D eigenvalue weighted by molar-refractivity contribution is -0.116. The summed E-state index contributed by atoms with van der Waals surface area (Å²) in [6, 6.07) is 10.1. The summed E-state index contributed by atoms with van der Waals surface area (Å²) in [6.07, 6.45) is 5.05. The number of amides is 1. The van der Waals surface area contributed by atoms with Crippen molar-refractivity contribution in [3.8, 4) is 5.69 Å². The number of aromatic nitrogens is 2. The minimum atomic E-state index is 0.0681. The second kappa shape index (κ2) is 8.27. The third-order valence-electron chi connectivity index (χ3n) is 4.85. The number of piperazine rings is 1. The van der Waals surface area contributed by atoms with Gasteiger partial charge in [0.15, 0.2) is 0 Å². The molecule has 1 unspecified atom stereocenters. The Hall–Kier alpha value is -2.18. The molecule has 1 aromatic carbocycles. The summed E-state index contributed by atoms with van der Waals surface area (Å²) in [5.74, 6) is 0.0681. The van der Waals surface area contributed by atoms with Crippen molar-refractivity contribution in [2.45, 2.75) is 25.8 Å². The van der Waals surface area contributed by atoms with Crippen LogP contribution in [0.15, 0.2) is 42.7 Å². The molecular weight excluding hydrogens is 314 g/mol. The molecule has 1 aliphatic rings. The number of hydrogen-bond donors (Lipinski definition) is 1. The lowest BCUT2D eigenvalue weighted by Gasteiger charge is -2.36. The van der Waals surface area contributed by atoms with Gasteiger partial charge in [-0.25, -0.2) is 4.68 Å². The van der Waals surface area contributed by atoms with Crippen LogP contribution in [-0.4, -0.2) is 64.8 Å². The fourth-order valence-electron chi connectivity index (χ4n) is 3.16. The van der Waals surface area contributed by atoms with Crippen LogP contribution in [-0.2, 0) is 4.79 Å². The third kappa shape index (κ3) is 4.90. The molecule has 134 valence electrons. The first kappa shape index (κ1) is 17.6. The van der Waals surface area contributed by atoms with E-state index in [0.717, 1.165) is 44.0 Å². The number of likely N-dealkylation sites (N-methyl/N-ethyl adjacent to an activating group) is 1. The van der Waals surface area contributed by atoms with Crippen LogP contribution in [0.2, 0.25) is 0 Å². The lowest BCUT2D eigenvalue weighted by atomic mass is 10.1. The molecule has 25 heavy (non-hydrogen) atoms. The number of nitrogens with one attached hydrogen (secondary N) is 1. The number of nitrogens with zero attached hydrogens (tertiary/aromatic N) is 4. The summed E-state index contributed by atoms with van der Waals surface area (Å²) >= 11 is 0. The smallest absolute Gasteiger partial charge is 0.224 e.